The van der Waals surface area contributed by atoms with Crippen LogP contribution in [0.25, 0.3) is 0 Å². The van der Waals surface area contributed by atoms with Crippen molar-refractivity contribution in [3.8, 4) is 0 Å². The van der Waals surface area contributed by atoms with Crippen LogP contribution in [0.4, 0.5) is 35.1 Å². The molecule has 0 aliphatic heterocycles. The molecule has 0 saturated heterocycles. The summed E-state index contributed by atoms with van der Waals surface area (Å²) >= 11 is 0. The first-order valence-electron chi connectivity index (χ1n) is 9.04. The molecule has 0 rings (SSSR count). The topological polar surface area (TPSA) is 54.4 Å². The summed E-state index contributed by atoms with van der Waals surface area (Å²) < 4.78 is 135. The van der Waals surface area contributed by atoms with Crippen molar-refractivity contribution in [3.63, 3.8) is 0 Å². The Labute approximate surface area is 159 Å². The molecule has 28 heavy (non-hydrogen) atoms. The average molecular weight is 450 g/mol. The summed E-state index contributed by atoms with van der Waals surface area (Å²) in [5, 5.41) is -6.77. The van der Waals surface area contributed by atoms with Gasteiger partial charge in [-0.25, -0.2) is 0 Å². The fourth-order valence-electron chi connectivity index (χ4n) is 2.57. The molecule has 0 spiro atoms. The molecule has 0 atom stereocenters. The molecule has 0 aromatic carbocycles. The van der Waals surface area contributed by atoms with Gasteiger partial charge in [0.1, 0.15) is 0 Å². The van der Waals surface area contributed by atoms with Gasteiger partial charge in [-0.1, -0.05) is 64.7 Å². The Morgan fingerprint density at radius 3 is 1.36 bits per heavy atom. The van der Waals surface area contributed by atoms with E-state index in [9.17, 15) is 43.5 Å². The van der Waals surface area contributed by atoms with Crippen LogP contribution in [0.2, 0.25) is 0 Å². The first-order valence-corrected chi connectivity index (χ1v) is 10.5. The highest BCUT2D eigenvalue weighted by atomic mass is 32.2. The van der Waals surface area contributed by atoms with Crippen molar-refractivity contribution in [1.29, 1.82) is 0 Å². The first-order chi connectivity index (χ1) is 12.6. The van der Waals surface area contributed by atoms with Crippen LogP contribution in [-0.4, -0.2) is 36.0 Å². The molecular weight excluding hydrogens is 424 g/mol. The van der Waals surface area contributed by atoms with Gasteiger partial charge in [0.25, 0.3) is 0 Å². The lowest BCUT2D eigenvalue weighted by Gasteiger charge is -2.35. The van der Waals surface area contributed by atoms with Gasteiger partial charge in [0.15, 0.2) is 0 Å². The number of unbranched alkanes of at least 4 members (excludes halogenated alkanes) is 9. The molecule has 0 radical (unpaired) electrons. The van der Waals surface area contributed by atoms with Crippen molar-refractivity contribution in [1.82, 2.24) is 0 Å². The standard InChI is InChI=1S/C16H26F8O3S/c1-2-3-4-5-6-7-8-9-10-11-12-13(17,18)14(19,20)15(21,22)16(23,24)28(25,26)27/h2-12H2,1H3,(H,25,26,27). The highest BCUT2D eigenvalue weighted by Gasteiger charge is 2.84. The summed E-state index contributed by atoms with van der Waals surface area (Å²) in [5.74, 6) is -19.3. The summed E-state index contributed by atoms with van der Waals surface area (Å²) in [6, 6.07) is 0. The van der Waals surface area contributed by atoms with E-state index in [0.29, 0.717) is 12.8 Å². The summed E-state index contributed by atoms with van der Waals surface area (Å²) in [6.07, 6.45) is 4.53. The number of halogens is 8. The number of rotatable bonds is 15. The largest absolute Gasteiger partial charge is 0.438 e. The van der Waals surface area contributed by atoms with E-state index < -0.39 is 46.0 Å². The molecule has 170 valence electrons. The molecule has 0 bridgehead atoms. The molecule has 0 aliphatic rings. The van der Waals surface area contributed by atoms with E-state index in [4.69, 9.17) is 4.55 Å². The second-order valence-corrected chi connectivity index (χ2v) is 8.24. The van der Waals surface area contributed by atoms with Crippen LogP contribution < -0.4 is 0 Å². The van der Waals surface area contributed by atoms with E-state index in [1.54, 1.807) is 0 Å². The second-order valence-electron chi connectivity index (χ2n) is 6.78. The Morgan fingerprint density at radius 2 is 1.00 bits per heavy atom. The van der Waals surface area contributed by atoms with Crippen molar-refractivity contribution in [2.75, 3.05) is 0 Å². The second kappa shape index (κ2) is 10.4. The molecule has 0 unspecified atom stereocenters. The maximum absolute atomic E-state index is 13.5. The zero-order chi connectivity index (χ0) is 22.3. The van der Waals surface area contributed by atoms with E-state index in [-0.39, 0.29) is 6.42 Å². The molecule has 0 amide bonds. The number of alkyl halides is 8. The van der Waals surface area contributed by atoms with E-state index in [1.807, 2.05) is 0 Å². The third-order valence-corrected chi connectivity index (χ3v) is 5.29. The van der Waals surface area contributed by atoms with Crippen LogP contribution in [0.3, 0.4) is 0 Å². The van der Waals surface area contributed by atoms with Gasteiger partial charge in [-0.3, -0.25) is 4.55 Å². The van der Waals surface area contributed by atoms with Gasteiger partial charge in [-0.2, -0.15) is 43.5 Å². The summed E-state index contributed by atoms with van der Waals surface area (Å²) in [7, 11) is -7.04. The Bertz CT molecular complexity index is 564. The predicted octanol–water partition coefficient (Wildman–Crippen LogP) is 6.68. The molecule has 0 heterocycles. The van der Waals surface area contributed by atoms with Gasteiger partial charge < -0.3 is 0 Å². The van der Waals surface area contributed by atoms with E-state index >= 15 is 0 Å². The van der Waals surface area contributed by atoms with Crippen LogP contribution in [-0.2, 0) is 10.1 Å². The lowest BCUT2D eigenvalue weighted by atomic mass is 9.98. The molecule has 0 aromatic rings. The average Bonchev–Trinajstić information content (AvgIpc) is 2.55. The van der Waals surface area contributed by atoms with Gasteiger partial charge in [0.2, 0.25) is 0 Å². The minimum Gasteiger partial charge on any atom is -0.281 e. The number of hydrogen-bond donors (Lipinski definition) is 1. The molecular formula is C16H26F8O3S. The van der Waals surface area contributed by atoms with E-state index in [1.165, 1.54) is 0 Å². The van der Waals surface area contributed by atoms with Gasteiger partial charge in [0.05, 0.1) is 0 Å². The van der Waals surface area contributed by atoms with Crippen molar-refractivity contribution in [2.45, 2.75) is 101 Å². The highest BCUT2D eigenvalue weighted by Crippen LogP contribution is 2.55. The maximum Gasteiger partial charge on any atom is 0.438 e. The first kappa shape index (κ1) is 27.4. The molecule has 0 aromatic heterocycles. The van der Waals surface area contributed by atoms with E-state index in [2.05, 4.69) is 6.92 Å². The lowest BCUT2D eigenvalue weighted by molar-refractivity contribution is -0.349. The Morgan fingerprint density at radius 1 is 0.643 bits per heavy atom. The van der Waals surface area contributed by atoms with Crippen molar-refractivity contribution in [2.24, 2.45) is 0 Å². The third kappa shape index (κ3) is 6.43. The van der Waals surface area contributed by atoms with E-state index in [0.717, 1.165) is 38.5 Å². The minimum atomic E-state index is -7.04. The van der Waals surface area contributed by atoms with Crippen LogP contribution in [0, 0.1) is 0 Å². The molecule has 1 N–H and O–H groups in total. The zero-order valence-electron chi connectivity index (χ0n) is 15.5. The van der Waals surface area contributed by atoms with Crippen molar-refractivity contribution >= 4 is 10.1 Å². The molecule has 12 heteroatoms. The summed E-state index contributed by atoms with van der Waals surface area (Å²) in [4.78, 5) is 0. The van der Waals surface area contributed by atoms with Gasteiger partial charge >= 0.3 is 33.1 Å². The van der Waals surface area contributed by atoms with Crippen LogP contribution >= 0.6 is 0 Å². The Balaban J connectivity index is 4.63. The van der Waals surface area contributed by atoms with Gasteiger partial charge in [0, 0.05) is 6.42 Å². The Kier molecular flexibility index (Phi) is 10.2. The van der Waals surface area contributed by atoms with Crippen molar-refractivity contribution < 1.29 is 48.1 Å². The van der Waals surface area contributed by atoms with Gasteiger partial charge in [-0.15, -0.1) is 0 Å². The molecule has 0 aliphatic carbocycles. The smallest absolute Gasteiger partial charge is 0.281 e. The molecule has 0 fully saturated rings. The molecule has 0 saturated carbocycles. The van der Waals surface area contributed by atoms with Crippen LogP contribution in [0.1, 0.15) is 77.6 Å². The Hall–Kier alpha value is -0.650. The monoisotopic (exact) mass is 450 g/mol. The maximum atomic E-state index is 13.5. The zero-order valence-corrected chi connectivity index (χ0v) is 16.3. The summed E-state index contributed by atoms with van der Waals surface area (Å²) in [5.41, 5.74) is 0. The lowest BCUT2D eigenvalue weighted by Crippen LogP contribution is -2.64. The predicted molar refractivity (Wildman–Crippen MR) is 87.8 cm³/mol. The third-order valence-electron chi connectivity index (χ3n) is 4.39. The highest BCUT2D eigenvalue weighted by molar-refractivity contribution is 7.87. The number of hydrogen-bond acceptors (Lipinski definition) is 2. The fourth-order valence-corrected chi connectivity index (χ4v) is 3.02. The van der Waals surface area contributed by atoms with Crippen LogP contribution in [0.5, 0.6) is 0 Å². The quantitative estimate of drug-likeness (QED) is 0.172. The molecule has 3 nitrogen and oxygen atoms in total. The van der Waals surface area contributed by atoms with Crippen molar-refractivity contribution in [3.05, 3.63) is 0 Å². The normalized spacial score (nSPS) is 14.5. The SMILES string of the molecule is CCCCCCCCCCCCC(F)(F)C(F)(F)C(F)(F)C(F)(F)S(=O)(=O)O. The van der Waals surface area contributed by atoms with Gasteiger partial charge in [-0.05, 0) is 6.42 Å². The van der Waals surface area contributed by atoms with Crippen LogP contribution in [0.15, 0.2) is 0 Å². The summed E-state index contributed by atoms with van der Waals surface area (Å²) in [6.45, 7) is 2.05. The minimum absolute atomic E-state index is 0.000886. The fraction of sp³-hybridized carbons (Fsp3) is 1.00.